The van der Waals surface area contributed by atoms with Gasteiger partial charge in [-0.25, -0.2) is 4.68 Å². The molecule has 0 fully saturated rings. The fraction of sp³-hybridized carbons (Fsp3) is 0.900. The Morgan fingerprint density at radius 1 is 1.35 bits per heavy atom. The van der Waals surface area contributed by atoms with Crippen LogP contribution in [0.15, 0.2) is 0 Å². The average molecular weight is 243 g/mol. The van der Waals surface area contributed by atoms with Gasteiger partial charge < -0.3 is 14.8 Å². The van der Waals surface area contributed by atoms with Crippen molar-refractivity contribution in [1.82, 2.24) is 25.5 Å². The largest absolute Gasteiger partial charge is 0.382 e. The van der Waals surface area contributed by atoms with Crippen molar-refractivity contribution in [3.8, 4) is 0 Å². The minimum absolute atomic E-state index is 0.152. The van der Waals surface area contributed by atoms with E-state index in [1.165, 1.54) is 0 Å². The number of hydrogen-bond donors (Lipinski definition) is 1. The summed E-state index contributed by atoms with van der Waals surface area (Å²) in [5, 5.41) is 14.7. The molecule has 1 rings (SSSR count). The molecule has 0 amide bonds. The number of aromatic nitrogens is 4. The van der Waals surface area contributed by atoms with Crippen LogP contribution < -0.4 is 5.32 Å². The summed E-state index contributed by atoms with van der Waals surface area (Å²) in [7, 11) is 3.55. The Balaban J connectivity index is 2.24. The predicted octanol–water partition coefficient (Wildman–Crippen LogP) is 0.00660. The Kier molecular flexibility index (Phi) is 6.68. The lowest BCUT2D eigenvalue weighted by Crippen LogP contribution is -2.19. The third kappa shape index (κ3) is 4.76. The molecule has 7 heteroatoms. The van der Waals surface area contributed by atoms with Crippen LogP contribution in [-0.4, -0.2) is 54.2 Å². The van der Waals surface area contributed by atoms with Crippen molar-refractivity contribution in [1.29, 1.82) is 0 Å². The second-order valence-corrected chi connectivity index (χ2v) is 3.73. The van der Waals surface area contributed by atoms with E-state index in [0.717, 1.165) is 18.8 Å². The summed E-state index contributed by atoms with van der Waals surface area (Å²) in [5.74, 6) is 0.851. The molecule has 0 saturated heterocycles. The summed E-state index contributed by atoms with van der Waals surface area (Å²) >= 11 is 0. The molecule has 0 aliphatic carbocycles. The van der Waals surface area contributed by atoms with Crippen molar-refractivity contribution in [3.63, 3.8) is 0 Å². The molecule has 7 nitrogen and oxygen atoms in total. The fourth-order valence-electron chi connectivity index (χ4n) is 1.37. The summed E-state index contributed by atoms with van der Waals surface area (Å²) < 4.78 is 12.1. The van der Waals surface area contributed by atoms with Crippen LogP contribution in [0.3, 0.4) is 0 Å². The summed E-state index contributed by atoms with van der Waals surface area (Å²) in [6, 6.07) is 0.152. The molecule has 1 N–H and O–H groups in total. The normalized spacial score (nSPS) is 12.9. The second kappa shape index (κ2) is 8.10. The van der Waals surface area contributed by atoms with E-state index < -0.39 is 0 Å². The maximum Gasteiger partial charge on any atom is 0.167 e. The minimum Gasteiger partial charge on any atom is -0.382 e. The number of hydrogen-bond acceptors (Lipinski definition) is 6. The lowest BCUT2D eigenvalue weighted by molar-refractivity contribution is 0.0675. The third-order valence-corrected chi connectivity index (χ3v) is 2.47. The second-order valence-electron chi connectivity index (χ2n) is 3.73. The minimum atomic E-state index is 0.152. The van der Waals surface area contributed by atoms with Crippen LogP contribution in [0.1, 0.15) is 25.2 Å². The third-order valence-electron chi connectivity index (χ3n) is 2.47. The molecule has 17 heavy (non-hydrogen) atoms. The molecule has 98 valence electrons. The quantitative estimate of drug-likeness (QED) is 0.616. The van der Waals surface area contributed by atoms with E-state index in [1.807, 2.05) is 14.0 Å². The Hall–Kier alpha value is -1.05. The van der Waals surface area contributed by atoms with E-state index in [-0.39, 0.29) is 6.04 Å². The zero-order valence-corrected chi connectivity index (χ0v) is 10.7. The van der Waals surface area contributed by atoms with Crippen LogP contribution in [0.4, 0.5) is 0 Å². The first-order chi connectivity index (χ1) is 8.29. The summed E-state index contributed by atoms with van der Waals surface area (Å²) in [6.07, 6.45) is 0.887. The van der Waals surface area contributed by atoms with Gasteiger partial charge in [0, 0.05) is 20.3 Å². The van der Waals surface area contributed by atoms with Gasteiger partial charge in [0.05, 0.1) is 19.3 Å². The van der Waals surface area contributed by atoms with Gasteiger partial charge in [-0.2, -0.15) is 0 Å². The Labute approximate surface area is 101 Å². The number of rotatable bonds is 9. The predicted molar refractivity (Wildman–Crippen MR) is 62.6 cm³/mol. The first kappa shape index (κ1) is 14.0. The van der Waals surface area contributed by atoms with Crippen molar-refractivity contribution >= 4 is 0 Å². The molecule has 0 radical (unpaired) electrons. The number of ether oxygens (including phenoxy) is 2. The number of nitrogens with one attached hydrogen (secondary N) is 1. The highest BCUT2D eigenvalue weighted by atomic mass is 16.5. The van der Waals surface area contributed by atoms with Crippen molar-refractivity contribution in [2.24, 2.45) is 0 Å². The zero-order valence-electron chi connectivity index (χ0n) is 10.7. The first-order valence-corrected chi connectivity index (χ1v) is 5.79. The summed E-state index contributed by atoms with van der Waals surface area (Å²) in [6.45, 7) is 4.74. The average Bonchev–Trinajstić information content (AvgIpc) is 2.81. The van der Waals surface area contributed by atoms with Gasteiger partial charge >= 0.3 is 0 Å². The number of nitrogens with zero attached hydrogens (tertiary/aromatic N) is 4. The van der Waals surface area contributed by atoms with Crippen LogP contribution in [0.5, 0.6) is 0 Å². The van der Waals surface area contributed by atoms with E-state index >= 15 is 0 Å². The molecule has 0 saturated carbocycles. The van der Waals surface area contributed by atoms with Crippen molar-refractivity contribution in [2.75, 3.05) is 34.0 Å². The highest BCUT2D eigenvalue weighted by molar-refractivity contribution is 4.88. The van der Waals surface area contributed by atoms with E-state index in [0.29, 0.717) is 19.8 Å². The van der Waals surface area contributed by atoms with Crippen LogP contribution in [0, 0.1) is 0 Å². The topological polar surface area (TPSA) is 74.1 Å². The van der Waals surface area contributed by atoms with Gasteiger partial charge in [0.15, 0.2) is 5.82 Å². The fourth-order valence-corrected chi connectivity index (χ4v) is 1.37. The van der Waals surface area contributed by atoms with Crippen LogP contribution >= 0.6 is 0 Å². The number of tetrazole rings is 1. The van der Waals surface area contributed by atoms with Crippen LogP contribution in [0.25, 0.3) is 0 Å². The van der Waals surface area contributed by atoms with Gasteiger partial charge in [-0.3, -0.25) is 0 Å². The van der Waals surface area contributed by atoms with Gasteiger partial charge in [-0.05, 0) is 30.8 Å². The highest BCUT2D eigenvalue weighted by Crippen LogP contribution is 2.06. The van der Waals surface area contributed by atoms with E-state index in [4.69, 9.17) is 9.47 Å². The Morgan fingerprint density at radius 3 is 2.88 bits per heavy atom. The molecule has 1 atom stereocenters. The van der Waals surface area contributed by atoms with Gasteiger partial charge in [0.25, 0.3) is 0 Å². The molecule has 0 spiro atoms. The van der Waals surface area contributed by atoms with Crippen molar-refractivity contribution < 1.29 is 9.47 Å². The number of methoxy groups -OCH3 is 1. The highest BCUT2D eigenvalue weighted by Gasteiger charge is 2.11. The smallest absolute Gasteiger partial charge is 0.167 e. The maximum absolute atomic E-state index is 5.38. The molecular weight excluding hydrogens is 222 g/mol. The van der Waals surface area contributed by atoms with Gasteiger partial charge in [0.1, 0.15) is 0 Å². The van der Waals surface area contributed by atoms with Gasteiger partial charge in [0.2, 0.25) is 0 Å². The van der Waals surface area contributed by atoms with Crippen molar-refractivity contribution in [2.45, 2.75) is 25.9 Å². The maximum atomic E-state index is 5.38. The van der Waals surface area contributed by atoms with E-state index in [9.17, 15) is 0 Å². The Morgan fingerprint density at radius 2 is 2.18 bits per heavy atom. The Bertz CT molecular complexity index is 305. The lowest BCUT2D eigenvalue weighted by atomic mass is 10.3. The summed E-state index contributed by atoms with van der Waals surface area (Å²) in [5.41, 5.74) is 0. The van der Waals surface area contributed by atoms with Gasteiger partial charge in [-0.1, -0.05) is 0 Å². The molecule has 0 aromatic carbocycles. The molecule has 0 aliphatic heterocycles. The molecule has 0 aliphatic rings. The van der Waals surface area contributed by atoms with E-state index in [2.05, 4.69) is 20.8 Å². The van der Waals surface area contributed by atoms with E-state index in [1.54, 1.807) is 11.8 Å². The number of aryl methyl sites for hydroxylation is 1. The molecule has 1 aromatic rings. The molecule has 1 unspecified atom stereocenters. The molecular formula is C10H21N5O2. The summed E-state index contributed by atoms with van der Waals surface area (Å²) in [4.78, 5) is 0. The molecule has 0 bridgehead atoms. The zero-order chi connectivity index (χ0) is 12.5. The van der Waals surface area contributed by atoms with Crippen molar-refractivity contribution in [3.05, 3.63) is 5.82 Å². The van der Waals surface area contributed by atoms with Gasteiger partial charge in [-0.15, -0.1) is 5.10 Å². The lowest BCUT2D eigenvalue weighted by Gasteiger charge is -2.10. The van der Waals surface area contributed by atoms with Crippen LogP contribution in [0.2, 0.25) is 0 Å². The first-order valence-electron chi connectivity index (χ1n) is 5.79. The van der Waals surface area contributed by atoms with Crippen LogP contribution in [-0.2, 0) is 16.0 Å². The molecule has 1 heterocycles. The monoisotopic (exact) mass is 243 g/mol. The SMILES string of the molecule is CNC(C)c1nnnn1CCCOCCOC. The standard InChI is InChI=1S/C10H21N5O2/c1-9(11-2)10-12-13-14-15(10)5-4-6-17-8-7-16-3/h9,11H,4-8H2,1-3H3. The molecule has 1 aromatic heterocycles.